The van der Waals surface area contributed by atoms with Gasteiger partial charge in [0.2, 0.25) is 0 Å². The number of halogens is 2. The minimum Gasteiger partial charge on any atom is -0.358 e. The summed E-state index contributed by atoms with van der Waals surface area (Å²) in [4.78, 5) is 15.9. The molecule has 2 aromatic carbocycles. The molecule has 128 valence electrons. The number of H-pyrrole nitrogens is 1. The zero-order chi connectivity index (χ0) is 17.4. The lowest BCUT2D eigenvalue weighted by Crippen LogP contribution is -2.23. The van der Waals surface area contributed by atoms with Crippen LogP contribution in [0.15, 0.2) is 36.4 Å². The number of hydrogen-bond donors (Lipinski definition) is 2. The lowest BCUT2D eigenvalue weighted by molar-refractivity contribution is 0.0951. The third kappa shape index (κ3) is 3.26. The number of hydrogen-bond acceptors (Lipinski definition) is 1. The summed E-state index contributed by atoms with van der Waals surface area (Å²) in [6.07, 6.45) is 4.75. The maximum absolute atomic E-state index is 12.4. The van der Waals surface area contributed by atoms with Gasteiger partial charge in [-0.1, -0.05) is 29.3 Å². The molecule has 0 aliphatic heterocycles. The first kappa shape index (κ1) is 16.5. The van der Waals surface area contributed by atoms with Crippen molar-refractivity contribution in [3.8, 4) is 0 Å². The Morgan fingerprint density at radius 1 is 1.08 bits per heavy atom. The van der Waals surface area contributed by atoms with Crippen LogP contribution in [0.3, 0.4) is 0 Å². The van der Waals surface area contributed by atoms with E-state index >= 15 is 0 Å². The molecule has 0 saturated heterocycles. The van der Waals surface area contributed by atoms with Gasteiger partial charge in [0.25, 0.3) is 5.91 Å². The molecule has 2 N–H and O–H groups in total. The average molecular weight is 373 g/mol. The van der Waals surface area contributed by atoms with Gasteiger partial charge in [0.05, 0.1) is 10.6 Å². The summed E-state index contributed by atoms with van der Waals surface area (Å²) in [7, 11) is 0. The maximum Gasteiger partial charge on any atom is 0.253 e. The number of fused-ring (bicyclic) bond motifs is 3. The van der Waals surface area contributed by atoms with Crippen LogP contribution < -0.4 is 5.32 Å². The quantitative estimate of drug-likeness (QED) is 0.644. The van der Waals surface area contributed by atoms with Crippen LogP contribution >= 0.6 is 23.2 Å². The largest absolute Gasteiger partial charge is 0.358 e. The van der Waals surface area contributed by atoms with Crippen LogP contribution in [0.5, 0.6) is 0 Å². The molecular formula is C20H18Cl2N2O. The molecule has 1 aliphatic carbocycles. The van der Waals surface area contributed by atoms with Crippen molar-refractivity contribution in [1.29, 1.82) is 0 Å². The van der Waals surface area contributed by atoms with Gasteiger partial charge >= 0.3 is 0 Å². The fraction of sp³-hybridized carbons (Fsp3) is 0.250. The average Bonchev–Trinajstić information content (AvgIpc) is 2.99. The van der Waals surface area contributed by atoms with Gasteiger partial charge in [-0.3, -0.25) is 4.79 Å². The molecule has 0 unspecified atom stereocenters. The van der Waals surface area contributed by atoms with Gasteiger partial charge in [-0.25, -0.2) is 0 Å². The van der Waals surface area contributed by atoms with E-state index in [1.165, 1.54) is 35.0 Å². The fourth-order valence-corrected chi connectivity index (χ4v) is 3.89. The topological polar surface area (TPSA) is 44.9 Å². The van der Waals surface area contributed by atoms with E-state index < -0.39 is 0 Å². The monoisotopic (exact) mass is 372 g/mol. The molecule has 0 atom stereocenters. The molecule has 0 fully saturated rings. The Labute approximate surface area is 156 Å². The number of nitrogens with one attached hydrogen (secondary N) is 2. The summed E-state index contributed by atoms with van der Waals surface area (Å²) < 4.78 is 0. The van der Waals surface area contributed by atoms with Gasteiger partial charge in [-0.05, 0) is 67.1 Å². The third-order valence-electron chi connectivity index (χ3n) is 4.79. The highest BCUT2D eigenvalue weighted by Gasteiger charge is 2.16. The van der Waals surface area contributed by atoms with Gasteiger partial charge in [-0.15, -0.1) is 0 Å². The van der Waals surface area contributed by atoms with Crippen LogP contribution in [0.25, 0.3) is 10.9 Å². The fourth-order valence-electron chi connectivity index (χ4n) is 3.51. The van der Waals surface area contributed by atoms with Crippen LogP contribution in [0.1, 0.15) is 40.0 Å². The van der Waals surface area contributed by atoms with E-state index in [2.05, 4.69) is 22.4 Å². The van der Waals surface area contributed by atoms with E-state index in [1.54, 1.807) is 18.2 Å². The first-order valence-corrected chi connectivity index (χ1v) is 9.23. The Balaban J connectivity index is 1.54. The van der Waals surface area contributed by atoms with Crippen molar-refractivity contribution in [3.05, 3.63) is 68.8 Å². The summed E-state index contributed by atoms with van der Waals surface area (Å²) in [6.45, 7) is 0.456. The van der Waals surface area contributed by atoms with E-state index in [-0.39, 0.29) is 5.91 Å². The molecule has 1 aliphatic rings. The predicted octanol–water partition coefficient (Wildman–Crippen LogP) is 5.28. The minimum absolute atomic E-state index is 0.219. The Bertz CT molecular complexity index is 962. The van der Waals surface area contributed by atoms with Crippen LogP contribution in [-0.2, 0) is 19.4 Å². The van der Waals surface area contributed by atoms with Gasteiger partial charge < -0.3 is 10.3 Å². The second-order valence-electron chi connectivity index (χ2n) is 6.48. The SMILES string of the molecule is O=C(NCc1ccc2[nH]c3c(c2c1)CCCC3)c1cc(Cl)ccc1Cl. The molecule has 0 bridgehead atoms. The highest BCUT2D eigenvalue weighted by molar-refractivity contribution is 6.35. The summed E-state index contributed by atoms with van der Waals surface area (Å²) >= 11 is 12.0. The van der Waals surface area contributed by atoms with Crippen molar-refractivity contribution in [3.63, 3.8) is 0 Å². The van der Waals surface area contributed by atoms with Crippen molar-refractivity contribution < 1.29 is 4.79 Å². The molecule has 1 aromatic heterocycles. The number of amides is 1. The maximum atomic E-state index is 12.4. The van der Waals surface area contributed by atoms with Crippen LogP contribution in [-0.4, -0.2) is 10.9 Å². The van der Waals surface area contributed by atoms with Crippen LogP contribution in [0.2, 0.25) is 10.0 Å². The van der Waals surface area contributed by atoms with Gasteiger partial charge in [0.15, 0.2) is 0 Å². The lowest BCUT2D eigenvalue weighted by Gasteiger charge is -2.11. The standard InChI is InChI=1S/C20H18Cl2N2O/c21-13-6-7-17(22)16(10-13)20(25)23-11-12-5-8-19-15(9-12)14-3-1-2-4-18(14)24-19/h5-10,24H,1-4,11H2,(H,23,25). The molecule has 25 heavy (non-hydrogen) atoms. The zero-order valence-electron chi connectivity index (χ0n) is 13.7. The summed E-state index contributed by atoms with van der Waals surface area (Å²) in [5, 5.41) is 5.10. The summed E-state index contributed by atoms with van der Waals surface area (Å²) in [5.41, 5.74) is 5.46. The second-order valence-corrected chi connectivity index (χ2v) is 7.32. The normalized spacial score (nSPS) is 13.7. The van der Waals surface area contributed by atoms with E-state index in [0.29, 0.717) is 22.2 Å². The highest BCUT2D eigenvalue weighted by Crippen LogP contribution is 2.29. The third-order valence-corrected chi connectivity index (χ3v) is 5.35. The molecule has 0 radical (unpaired) electrons. The number of carbonyl (C=O) groups excluding carboxylic acids is 1. The van der Waals surface area contributed by atoms with E-state index in [9.17, 15) is 4.79 Å². The molecule has 5 heteroatoms. The van der Waals surface area contributed by atoms with E-state index in [1.807, 2.05) is 6.07 Å². The summed E-state index contributed by atoms with van der Waals surface area (Å²) in [6, 6.07) is 11.2. The van der Waals surface area contributed by atoms with Crippen molar-refractivity contribution in [2.45, 2.75) is 32.2 Å². The first-order chi connectivity index (χ1) is 12.1. The van der Waals surface area contributed by atoms with E-state index in [0.717, 1.165) is 18.4 Å². The molecule has 1 amide bonds. The lowest BCUT2D eigenvalue weighted by atomic mass is 9.95. The molecule has 0 spiro atoms. The summed E-state index contributed by atoms with van der Waals surface area (Å²) in [5.74, 6) is -0.219. The van der Waals surface area contributed by atoms with Crippen molar-refractivity contribution in [2.24, 2.45) is 0 Å². The number of aryl methyl sites for hydroxylation is 2. The number of rotatable bonds is 3. The Hall–Kier alpha value is -1.97. The Morgan fingerprint density at radius 3 is 2.80 bits per heavy atom. The van der Waals surface area contributed by atoms with Crippen LogP contribution in [0, 0.1) is 0 Å². The number of benzene rings is 2. The first-order valence-electron chi connectivity index (χ1n) is 8.47. The molecular weight excluding hydrogens is 355 g/mol. The zero-order valence-corrected chi connectivity index (χ0v) is 15.2. The molecule has 1 heterocycles. The number of aromatic nitrogens is 1. The van der Waals surface area contributed by atoms with Crippen LogP contribution in [0.4, 0.5) is 0 Å². The van der Waals surface area contributed by atoms with Gasteiger partial charge in [-0.2, -0.15) is 0 Å². The Morgan fingerprint density at radius 2 is 1.92 bits per heavy atom. The smallest absolute Gasteiger partial charge is 0.253 e. The predicted molar refractivity (Wildman–Crippen MR) is 103 cm³/mol. The number of aromatic amines is 1. The number of carbonyl (C=O) groups is 1. The molecule has 0 saturated carbocycles. The van der Waals surface area contributed by atoms with Crippen molar-refractivity contribution in [1.82, 2.24) is 10.3 Å². The van der Waals surface area contributed by atoms with Crippen molar-refractivity contribution in [2.75, 3.05) is 0 Å². The molecule has 4 rings (SSSR count). The molecule has 3 nitrogen and oxygen atoms in total. The molecule has 3 aromatic rings. The van der Waals surface area contributed by atoms with E-state index in [4.69, 9.17) is 23.2 Å². The second kappa shape index (κ2) is 6.74. The van der Waals surface area contributed by atoms with Gasteiger partial charge in [0, 0.05) is 28.2 Å². The Kier molecular flexibility index (Phi) is 4.45. The van der Waals surface area contributed by atoms with Gasteiger partial charge in [0.1, 0.15) is 0 Å². The van der Waals surface area contributed by atoms with Crippen molar-refractivity contribution >= 4 is 40.0 Å². The minimum atomic E-state index is -0.219. The highest BCUT2D eigenvalue weighted by atomic mass is 35.5.